The van der Waals surface area contributed by atoms with Crippen LogP contribution in [0.5, 0.6) is 0 Å². The normalized spacial score (nSPS) is 11.8. The van der Waals surface area contributed by atoms with Crippen LogP contribution in [0.4, 0.5) is 0 Å². The van der Waals surface area contributed by atoms with E-state index in [1.54, 1.807) is 0 Å². The smallest absolute Gasteiger partial charge is 0.145 e. The van der Waals surface area contributed by atoms with Gasteiger partial charge < -0.3 is 8.83 Å². The lowest BCUT2D eigenvalue weighted by Gasteiger charge is -2.07. The van der Waals surface area contributed by atoms with E-state index >= 15 is 0 Å². The summed E-state index contributed by atoms with van der Waals surface area (Å²) >= 11 is 0. The molecule has 3 aromatic heterocycles. The molecule has 0 atom stereocenters. The van der Waals surface area contributed by atoms with Crippen molar-refractivity contribution in [1.29, 1.82) is 0 Å². The van der Waals surface area contributed by atoms with Gasteiger partial charge in [-0.15, -0.1) is 0 Å². The summed E-state index contributed by atoms with van der Waals surface area (Å²) in [5.41, 5.74) is 8.87. The van der Waals surface area contributed by atoms with Crippen LogP contribution in [0.3, 0.4) is 0 Å². The Morgan fingerprint density at radius 2 is 1.35 bits per heavy atom. The molecule has 3 heterocycles. The molecule has 0 amide bonds. The van der Waals surface area contributed by atoms with Crippen molar-refractivity contribution >= 4 is 43.9 Å². The van der Waals surface area contributed by atoms with Gasteiger partial charge in [-0.2, -0.15) is 0 Å². The number of furan rings is 2. The number of rotatable bonds is 3. The van der Waals surface area contributed by atoms with E-state index in [1.807, 2.05) is 36.5 Å². The Labute approximate surface area is 196 Å². The molecule has 0 N–H and O–H groups in total. The summed E-state index contributed by atoms with van der Waals surface area (Å²) in [7, 11) is 0. The van der Waals surface area contributed by atoms with Crippen molar-refractivity contribution in [3.63, 3.8) is 0 Å². The van der Waals surface area contributed by atoms with Crippen molar-refractivity contribution in [2.75, 3.05) is 0 Å². The van der Waals surface area contributed by atoms with Gasteiger partial charge in [0.15, 0.2) is 0 Å². The predicted octanol–water partition coefficient (Wildman–Crippen LogP) is 8.78. The molecule has 0 bridgehead atoms. The predicted molar refractivity (Wildman–Crippen MR) is 139 cm³/mol. The third-order valence-electron chi connectivity index (χ3n) is 6.75. The number of aromatic nitrogens is 1. The minimum absolute atomic E-state index is 0.894. The summed E-state index contributed by atoms with van der Waals surface area (Å²) in [5.74, 6) is 0. The van der Waals surface area contributed by atoms with E-state index in [0.29, 0.717) is 0 Å². The fourth-order valence-electron chi connectivity index (χ4n) is 5.08. The molecule has 0 aliphatic rings. The van der Waals surface area contributed by atoms with Crippen LogP contribution in [0, 0.1) is 0 Å². The van der Waals surface area contributed by atoms with Gasteiger partial charge in [0.05, 0.1) is 5.69 Å². The Kier molecular flexibility index (Phi) is 4.12. The van der Waals surface area contributed by atoms with E-state index in [0.717, 1.165) is 67.3 Å². The summed E-state index contributed by atoms with van der Waals surface area (Å²) < 4.78 is 12.6. The second-order valence-corrected chi connectivity index (χ2v) is 8.64. The molecule has 7 aromatic rings. The van der Waals surface area contributed by atoms with Gasteiger partial charge in [0.1, 0.15) is 22.3 Å². The number of aryl methyl sites for hydroxylation is 1. The second kappa shape index (κ2) is 7.32. The Balaban J connectivity index is 1.39. The molecule has 0 aliphatic carbocycles. The Morgan fingerprint density at radius 1 is 0.618 bits per heavy atom. The first kappa shape index (κ1) is 19.1. The quantitative estimate of drug-likeness (QED) is 0.276. The van der Waals surface area contributed by atoms with Crippen LogP contribution in [0.15, 0.2) is 106 Å². The average molecular weight is 440 g/mol. The highest BCUT2D eigenvalue weighted by Gasteiger charge is 2.17. The summed E-state index contributed by atoms with van der Waals surface area (Å²) in [4.78, 5) is 4.86. The maximum atomic E-state index is 6.33. The number of fused-ring (bicyclic) bond motifs is 6. The van der Waals surface area contributed by atoms with Gasteiger partial charge in [-0.3, -0.25) is 4.98 Å². The minimum Gasteiger partial charge on any atom is -0.455 e. The Morgan fingerprint density at radius 3 is 2.15 bits per heavy atom. The van der Waals surface area contributed by atoms with Crippen LogP contribution in [0.1, 0.15) is 12.5 Å². The standard InChI is InChI=1S/C31H21NO2/c1-2-19-14-16-24(31-29(19)25-9-4-6-13-28(25)34-31)26-17-15-20(18-32-26)21-10-7-11-23-22-8-3-5-12-27(22)33-30(21)23/h3-18H,2H2,1H3. The minimum atomic E-state index is 0.894. The van der Waals surface area contributed by atoms with Crippen molar-refractivity contribution in [3.8, 4) is 22.4 Å². The third kappa shape index (κ3) is 2.74. The molecule has 0 saturated carbocycles. The molecular weight excluding hydrogens is 418 g/mol. The molecular formula is C31H21NO2. The van der Waals surface area contributed by atoms with E-state index in [4.69, 9.17) is 13.8 Å². The molecule has 0 unspecified atom stereocenters. The lowest BCUT2D eigenvalue weighted by Crippen LogP contribution is -1.89. The number of pyridine rings is 1. The molecule has 0 aliphatic heterocycles. The summed E-state index contributed by atoms with van der Waals surface area (Å²) in [6, 6.07) is 31.2. The molecule has 34 heavy (non-hydrogen) atoms. The number of hydrogen-bond donors (Lipinski definition) is 0. The molecule has 0 saturated heterocycles. The lowest BCUT2D eigenvalue weighted by atomic mass is 9.99. The average Bonchev–Trinajstić information content (AvgIpc) is 3.47. The molecule has 162 valence electrons. The maximum Gasteiger partial charge on any atom is 0.145 e. The highest BCUT2D eigenvalue weighted by Crippen LogP contribution is 2.39. The largest absolute Gasteiger partial charge is 0.455 e. The van der Waals surface area contributed by atoms with Crippen molar-refractivity contribution in [1.82, 2.24) is 4.98 Å². The van der Waals surface area contributed by atoms with Crippen LogP contribution in [0.2, 0.25) is 0 Å². The van der Waals surface area contributed by atoms with Gasteiger partial charge >= 0.3 is 0 Å². The molecule has 3 nitrogen and oxygen atoms in total. The second-order valence-electron chi connectivity index (χ2n) is 8.64. The highest BCUT2D eigenvalue weighted by molar-refractivity contribution is 6.11. The van der Waals surface area contributed by atoms with Gasteiger partial charge in [-0.05, 0) is 36.2 Å². The monoisotopic (exact) mass is 439 g/mol. The number of benzene rings is 4. The lowest BCUT2D eigenvalue weighted by molar-refractivity contribution is 0.669. The van der Waals surface area contributed by atoms with Gasteiger partial charge in [-0.25, -0.2) is 0 Å². The number of para-hydroxylation sites is 3. The third-order valence-corrected chi connectivity index (χ3v) is 6.75. The van der Waals surface area contributed by atoms with Crippen LogP contribution in [0.25, 0.3) is 66.3 Å². The van der Waals surface area contributed by atoms with Gasteiger partial charge in [-0.1, -0.05) is 73.7 Å². The van der Waals surface area contributed by atoms with Crippen LogP contribution in [-0.4, -0.2) is 4.98 Å². The van der Waals surface area contributed by atoms with Crippen molar-refractivity contribution in [2.45, 2.75) is 13.3 Å². The van der Waals surface area contributed by atoms with Gasteiger partial charge in [0, 0.05) is 44.4 Å². The topological polar surface area (TPSA) is 39.2 Å². The maximum absolute atomic E-state index is 6.33. The van der Waals surface area contributed by atoms with Gasteiger partial charge in [0.2, 0.25) is 0 Å². The SMILES string of the molecule is CCc1ccc(-c2ccc(-c3cccc4c3oc3ccccc34)cn2)c2oc3ccccc3c12. The molecule has 3 heteroatoms. The zero-order chi connectivity index (χ0) is 22.6. The number of nitrogens with zero attached hydrogens (tertiary/aromatic N) is 1. The van der Waals surface area contributed by atoms with Crippen LogP contribution >= 0.6 is 0 Å². The van der Waals surface area contributed by atoms with E-state index in [2.05, 4.69) is 67.6 Å². The molecule has 0 fully saturated rings. The van der Waals surface area contributed by atoms with Crippen LogP contribution < -0.4 is 0 Å². The summed E-state index contributed by atoms with van der Waals surface area (Å²) in [6.45, 7) is 2.18. The first-order valence-electron chi connectivity index (χ1n) is 11.6. The zero-order valence-corrected chi connectivity index (χ0v) is 18.7. The van der Waals surface area contributed by atoms with Crippen LogP contribution in [-0.2, 0) is 6.42 Å². The summed E-state index contributed by atoms with van der Waals surface area (Å²) in [5, 5.41) is 4.60. The van der Waals surface area contributed by atoms with Crippen molar-refractivity contribution in [2.24, 2.45) is 0 Å². The molecule has 4 aromatic carbocycles. The van der Waals surface area contributed by atoms with Crippen molar-refractivity contribution < 1.29 is 8.83 Å². The highest BCUT2D eigenvalue weighted by atomic mass is 16.3. The fraction of sp³-hybridized carbons (Fsp3) is 0.0645. The fourth-order valence-corrected chi connectivity index (χ4v) is 5.08. The zero-order valence-electron chi connectivity index (χ0n) is 18.7. The number of hydrogen-bond acceptors (Lipinski definition) is 3. The first-order valence-corrected chi connectivity index (χ1v) is 11.6. The Bertz CT molecular complexity index is 1840. The van der Waals surface area contributed by atoms with Gasteiger partial charge in [0.25, 0.3) is 0 Å². The van der Waals surface area contributed by atoms with E-state index in [-0.39, 0.29) is 0 Å². The van der Waals surface area contributed by atoms with Crippen molar-refractivity contribution in [3.05, 3.63) is 103 Å². The Hall–Kier alpha value is -4.37. The summed E-state index contributed by atoms with van der Waals surface area (Å²) in [6.07, 6.45) is 2.88. The van der Waals surface area contributed by atoms with E-state index < -0.39 is 0 Å². The molecule has 7 rings (SSSR count). The molecule has 0 radical (unpaired) electrons. The van der Waals surface area contributed by atoms with E-state index in [9.17, 15) is 0 Å². The van der Waals surface area contributed by atoms with E-state index in [1.165, 1.54) is 10.9 Å². The molecule has 0 spiro atoms. The first-order chi connectivity index (χ1) is 16.8.